The van der Waals surface area contributed by atoms with Crippen molar-refractivity contribution in [3.05, 3.63) is 108 Å². The van der Waals surface area contributed by atoms with Gasteiger partial charge in [0.05, 0.1) is 5.41 Å². The van der Waals surface area contributed by atoms with Gasteiger partial charge in [0.25, 0.3) is 0 Å². The van der Waals surface area contributed by atoms with Gasteiger partial charge in [-0.25, -0.2) is 0 Å². The van der Waals surface area contributed by atoms with Crippen LogP contribution in [0.25, 0.3) is 23.3 Å². The number of allylic oxidation sites excluding steroid dienone is 10. The molecule has 0 nitrogen and oxygen atoms in total. The predicted octanol–water partition coefficient (Wildman–Crippen LogP) is 8.81. The summed E-state index contributed by atoms with van der Waals surface area (Å²) in [7, 11) is 0. The van der Waals surface area contributed by atoms with E-state index in [1.807, 2.05) is 0 Å². The van der Waals surface area contributed by atoms with E-state index in [4.69, 9.17) is 0 Å². The molecule has 4 heteroatoms. The Kier molecular flexibility index (Phi) is 4.63. The summed E-state index contributed by atoms with van der Waals surface area (Å²) in [6.45, 7) is 0. The Labute approximate surface area is 224 Å². The highest BCUT2D eigenvalue weighted by Crippen LogP contribution is 2.66. The van der Waals surface area contributed by atoms with E-state index in [1.54, 1.807) is 0 Å². The van der Waals surface area contributed by atoms with Crippen molar-refractivity contribution in [3.63, 3.8) is 0 Å². The number of hydrogen-bond acceptors (Lipinski definition) is 0. The van der Waals surface area contributed by atoms with Gasteiger partial charge in [0.2, 0.25) is 0 Å². The minimum Gasteiger partial charge on any atom is -0.0532 e. The van der Waals surface area contributed by atoms with E-state index >= 15 is 0 Å². The Morgan fingerprint density at radius 1 is 0.552 bits per heavy atom. The van der Waals surface area contributed by atoms with Crippen LogP contribution in [0.5, 0.6) is 0 Å². The molecule has 0 saturated carbocycles. The Balaban J connectivity index is 1.64. The summed E-state index contributed by atoms with van der Waals surface area (Å²) in [4.78, 5) is 0. The van der Waals surface area contributed by atoms with Gasteiger partial charge in [0, 0.05) is 14.3 Å². The van der Waals surface area contributed by atoms with Crippen LogP contribution in [0.3, 0.4) is 0 Å². The standard InChI is InChI=1S/C25H12I4/c26-15-1-3-17-13(9-15)11-21-19(17)5-7-23(28)25(21)22-12-14-10-16(27)2-4-18(14)20(22)6-8-24(25)29/h1-12H. The number of fused-ring (bicyclic) bond motifs is 8. The van der Waals surface area contributed by atoms with Gasteiger partial charge in [-0.3, -0.25) is 0 Å². The number of benzene rings is 2. The molecule has 6 rings (SSSR count). The highest BCUT2D eigenvalue weighted by molar-refractivity contribution is 14.1. The normalized spacial score (nSPS) is 19.9. The lowest BCUT2D eigenvalue weighted by Crippen LogP contribution is -2.29. The van der Waals surface area contributed by atoms with Crippen LogP contribution in [0.4, 0.5) is 0 Å². The molecule has 0 amide bonds. The largest absolute Gasteiger partial charge is 0.0828 e. The molecule has 29 heavy (non-hydrogen) atoms. The molecule has 0 atom stereocenters. The summed E-state index contributed by atoms with van der Waals surface area (Å²) in [5, 5.41) is 0. The van der Waals surface area contributed by atoms with Gasteiger partial charge in [0.1, 0.15) is 0 Å². The Morgan fingerprint density at radius 2 is 1.00 bits per heavy atom. The van der Waals surface area contributed by atoms with Crippen molar-refractivity contribution in [3.8, 4) is 0 Å². The molecule has 4 aliphatic rings. The average Bonchev–Trinajstić information content (AvgIpc) is 3.24. The quantitative estimate of drug-likeness (QED) is 0.234. The molecule has 1 spiro atoms. The smallest absolute Gasteiger partial charge is 0.0532 e. The van der Waals surface area contributed by atoms with E-state index < -0.39 is 0 Å². The molecular formula is C25H12I4. The first-order valence-corrected chi connectivity index (χ1v) is 13.5. The van der Waals surface area contributed by atoms with Crippen LogP contribution in [0.1, 0.15) is 22.3 Å². The van der Waals surface area contributed by atoms with E-state index in [1.165, 1.54) is 58.8 Å². The van der Waals surface area contributed by atoms with E-state index in [-0.39, 0.29) is 5.41 Å². The fourth-order valence-electron chi connectivity index (χ4n) is 4.87. The lowest BCUT2D eigenvalue weighted by atomic mass is 9.65. The van der Waals surface area contributed by atoms with Gasteiger partial charge in [-0.2, -0.15) is 0 Å². The van der Waals surface area contributed by atoms with Crippen molar-refractivity contribution in [2.75, 3.05) is 0 Å². The Bertz CT molecular complexity index is 1230. The molecule has 0 saturated heterocycles. The van der Waals surface area contributed by atoms with Crippen LogP contribution in [-0.4, -0.2) is 0 Å². The van der Waals surface area contributed by atoms with Crippen molar-refractivity contribution in [1.29, 1.82) is 0 Å². The summed E-state index contributed by atoms with van der Waals surface area (Å²) in [5.41, 5.74) is 10.7. The van der Waals surface area contributed by atoms with Crippen molar-refractivity contribution in [2.45, 2.75) is 0 Å². The summed E-state index contributed by atoms with van der Waals surface area (Å²) in [5.74, 6) is 0. The number of hydrogen-bond donors (Lipinski definition) is 0. The highest BCUT2D eigenvalue weighted by atomic mass is 127. The third-order valence-corrected chi connectivity index (χ3v) is 9.78. The van der Waals surface area contributed by atoms with E-state index in [0.29, 0.717) is 0 Å². The molecule has 0 bridgehead atoms. The van der Waals surface area contributed by atoms with Crippen LogP contribution >= 0.6 is 90.4 Å². The molecule has 4 aliphatic carbocycles. The molecule has 0 aromatic heterocycles. The summed E-state index contributed by atoms with van der Waals surface area (Å²) < 4.78 is 5.30. The van der Waals surface area contributed by atoms with Gasteiger partial charge in [0.15, 0.2) is 0 Å². The van der Waals surface area contributed by atoms with Crippen molar-refractivity contribution in [1.82, 2.24) is 0 Å². The van der Waals surface area contributed by atoms with E-state index in [2.05, 4.69) is 163 Å². The Hall–Kier alpha value is -0.200. The third kappa shape index (κ3) is 2.64. The lowest BCUT2D eigenvalue weighted by Gasteiger charge is -2.42. The molecule has 0 radical (unpaired) electrons. The zero-order valence-electron chi connectivity index (χ0n) is 14.9. The van der Waals surface area contributed by atoms with Crippen LogP contribution in [0, 0.1) is 12.6 Å². The average molecular weight is 820 g/mol. The second-order valence-electron chi connectivity index (χ2n) is 7.52. The zero-order valence-corrected chi connectivity index (χ0v) is 23.6. The molecule has 0 unspecified atom stereocenters. The summed E-state index contributed by atoms with van der Waals surface area (Å²) >= 11 is 9.96. The minimum absolute atomic E-state index is 0.204. The van der Waals surface area contributed by atoms with Gasteiger partial charge in [-0.1, -0.05) is 36.4 Å². The molecule has 2 aromatic rings. The predicted molar refractivity (Wildman–Crippen MR) is 157 cm³/mol. The fourth-order valence-corrected chi connectivity index (χ4v) is 8.52. The lowest BCUT2D eigenvalue weighted by molar-refractivity contribution is 0.740. The first-order valence-electron chi connectivity index (χ1n) is 9.21. The van der Waals surface area contributed by atoms with Gasteiger partial charge >= 0.3 is 0 Å². The zero-order chi connectivity index (χ0) is 19.9. The van der Waals surface area contributed by atoms with Gasteiger partial charge in [-0.15, -0.1) is 0 Å². The molecule has 0 fully saturated rings. The summed E-state index contributed by atoms with van der Waals surface area (Å²) in [6.07, 6.45) is 14.1. The molecule has 0 N–H and O–H groups in total. The molecule has 0 heterocycles. The summed E-state index contributed by atoms with van der Waals surface area (Å²) in [6, 6.07) is 13.6. The third-order valence-electron chi connectivity index (χ3n) is 6.10. The van der Waals surface area contributed by atoms with Crippen molar-refractivity contribution in [2.24, 2.45) is 5.41 Å². The van der Waals surface area contributed by atoms with Crippen LogP contribution < -0.4 is 0 Å². The molecular weight excluding hydrogens is 808 g/mol. The van der Waals surface area contributed by atoms with E-state index in [9.17, 15) is 0 Å². The maximum atomic E-state index is 2.57. The van der Waals surface area contributed by atoms with Gasteiger partial charge < -0.3 is 0 Å². The maximum Gasteiger partial charge on any atom is 0.0828 e. The highest BCUT2D eigenvalue weighted by Gasteiger charge is 2.51. The maximum absolute atomic E-state index is 2.57. The first kappa shape index (κ1) is 19.5. The van der Waals surface area contributed by atoms with E-state index in [0.717, 1.165) is 0 Å². The van der Waals surface area contributed by atoms with Gasteiger partial charge in [-0.05, 0) is 171 Å². The van der Waals surface area contributed by atoms with Crippen LogP contribution in [-0.2, 0) is 0 Å². The SMILES string of the molecule is IC1=CC=C2C(=Cc3cc(I)ccc32)C12C(I)=CC=C1C2=Cc2cc(I)ccc21. The van der Waals surface area contributed by atoms with Crippen molar-refractivity contribution < 1.29 is 0 Å². The monoisotopic (exact) mass is 820 g/mol. The van der Waals surface area contributed by atoms with Crippen molar-refractivity contribution >= 4 is 114 Å². The topological polar surface area (TPSA) is 0 Å². The van der Waals surface area contributed by atoms with Crippen LogP contribution in [0.2, 0.25) is 0 Å². The number of halogens is 4. The number of rotatable bonds is 0. The Morgan fingerprint density at radius 3 is 1.45 bits per heavy atom. The molecule has 0 aliphatic heterocycles. The van der Waals surface area contributed by atoms with Crippen LogP contribution in [0.15, 0.2) is 79.0 Å². The first-order chi connectivity index (χ1) is 14.0. The molecule has 140 valence electrons. The fraction of sp³-hybridized carbons (Fsp3) is 0.0400. The molecule has 2 aromatic carbocycles. The second kappa shape index (κ2) is 6.90. The second-order valence-corrected chi connectivity index (χ2v) is 12.3. The minimum atomic E-state index is -0.204.